The molecule has 0 unspecified atom stereocenters. The highest BCUT2D eigenvalue weighted by Gasteiger charge is 2.07. The molecular formula is C6H13NO3. The Kier molecular flexibility index (Phi) is 3.76. The smallest absolute Gasteiger partial charge is 0.294 e. The highest BCUT2D eigenvalue weighted by Crippen LogP contribution is 2.06. The first-order valence-corrected chi connectivity index (χ1v) is 3.33. The van der Waals surface area contributed by atoms with Gasteiger partial charge in [0.15, 0.2) is 0 Å². The first-order chi connectivity index (χ1) is 4.52. The van der Waals surface area contributed by atoms with Gasteiger partial charge in [0, 0.05) is 0 Å². The summed E-state index contributed by atoms with van der Waals surface area (Å²) >= 11 is 0. The van der Waals surface area contributed by atoms with E-state index in [9.17, 15) is 10.1 Å². The molecule has 0 N–H and O–H groups in total. The topological polar surface area (TPSA) is 52.4 Å². The highest BCUT2D eigenvalue weighted by atomic mass is 17.0. The molecular weight excluding hydrogens is 134 g/mol. The molecule has 4 heteroatoms. The fourth-order valence-corrected chi connectivity index (χ4v) is 0.854. The predicted molar refractivity (Wildman–Crippen MR) is 37.0 cm³/mol. The lowest BCUT2D eigenvalue weighted by Crippen LogP contribution is -2.15. The Hall–Kier alpha value is -0.800. The Bertz CT molecular complexity index is 114. The summed E-state index contributed by atoms with van der Waals surface area (Å²) in [6, 6.07) is 0. The summed E-state index contributed by atoms with van der Waals surface area (Å²) < 4.78 is 0. The van der Waals surface area contributed by atoms with Crippen LogP contribution < -0.4 is 0 Å². The number of hydrogen-bond donors (Lipinski definition) is 0. The maximum Gasteiger partial charge on any atom is 0.294 e. The Morgan fingerprint density at radius 2 is 2.00 bits per heavy atom. The normalized spacial score (nSPS) is 13.2. The molecule has 0 aromatic heterocycles. The lowest BCUT2D eigenvalue weighted by molar-refractivity contribution is -0.768. The Morgan fingerprint density at radius 3 is 2.30 bits per heavy atom. The molecule has 10 heavy (non-hydrogen) atoms. The lowest BCUT2D eigenvalue weighted by Gasteiger charge is -2.10. The van der Waals surface area contributed by atoms with Crippen LogP contribution in [0.4, 0.5) is 0 Å². The van der Waals surface area contributed by atoms with Crippen LogP contribution in [0.15, 0.2) is 0 Å². The van der Waals surface area contributed by atoms with Gasteiger partial charge in [0.25, 0.3) is 5.09 Å². The minimum atomic E-state index is -0.743. The second-order valence-corrected chi connectivity index (χ2v) is 2.77. The average Bonchev–Trinajstić information content (AvgIpc) is 1.58. The summed E-state index contributed by atoms with van der Waals surface area (Å²) in [5.41, 5.74) is 0. The van der Waals surface area contributed by atoms with Crippen molar-refractivity contribution in [3.05, 3.63) is 10.1 Å². The van der Waals surface area contributed by atoms with Crippen LogP contribution in [0, 0.1) is 16.0 Å². The second-order valence-electron chi connectivity index (χ2n) is 2.77. The SMILES string of the molecule is CC(C)C[C@H](C)O[N+](=O)[O-]. The molecule has 0 heterocycles. The van der Waals surface area contributed by atoms with Gasteiger partial charge in [0.2, 0.25) is 0 Å². The van der Waals surface area contributed by atoms with Crippen molar-refractivity contribution in [1.82, 2.24) is 0 Å². The minimum absolute atomic E-state index is 0.282. The number of hydrogen-bond acceptors (Lipinski definition) is 3. The second kappa shape index (κ2) is 4.09. The summed E-state index contributed by atoms with van der Waals surface area (Å²) in [6.45, 7) is 5.70. The summed E-state index contributed by atoms with van der Waals surface area (Å²) in [5.74, 6) is 0.440. The highest BCUT2D eigenvalue weighted by molar-refractivity contribution is 4.50. The van der Waals surface area contributed by atoms with Crippen molar-refractivity contribution in [3.63, 3.8) is 0 Å². The van der Waals surface area contributed by atoms with Crippen LogP contribution in [-0.4, -0.2) is 11.2 Å². The van der Waals surface area contributed by atoms with Gasteiger partial charge < -0.3 is 4.84 Å². The van der Waals surface area contributed by atoms with Gasteiger partial charge in [-0.2, -0.15) is 0 Å². The summed E-state index contributed by atoms with van der Waals surface area (Å²) in [7, 11) is 0. The molecule has 0 radical (unpaired) electrons. The summed E-state index contributed by atoms with van der Waals surface area (Å²) in [5, 5.41) is 9.03. The van der Waals surface area contributed by atoms with E-state index in [0.717, 1.165) is 6.42 Å². The molecule has 0 aromatic rings. The van der Waals surface area contributed by atoms with Crippen LogP contribution in [0.2, 0.25) is 0 Å². The zero-order chi connectivity index (χ0) is 8.15. The lowest BCUT2D eigenvalue weighted by atomic mass is 10.1. The Balaban J connectivity index is 3.43. The molecule has 1 atom stereocenters. The van der Waals surface area contributed by atoms with Gasteiger partial charge in [-0.25, -0.2) is 0 Å². The van der Waals surface area contributed by atoms with E-state index in [1.54, 1.807) is 6.92 Å². The van der Waals surface area contributed by atoms with Gasteiger partial charge in [0.1, 0.15) is 6.10 Å². The van der Waals surface area contributed by atoms with Crippen LogP contribution in [0.25, 0.3) is 0 Å². The van der Waals surface area contributed by atoms with Gasteiger partial charge in [0.05, 0.1) is 0 Å². The van der Waals surface area contributed by atoms with E-state index >= 15 is 0 Å². The molecule has 4 nitrogen and oxygen atoms in total. The number of nitrogens with zero attached hydrogens (tertiary/aromatic N) is 1. The third-order valence-electron chi connectivity index (χ3n) is 1.07. The van der Waals surface area contributed by atoms with Gasteiger partial charge in [-0.15, -0.1) is 10.1 Å². The molecule has 0 aromatic carbocycles. The summed E-state index contributed by atoms with van der Waals surface area (Å²) in [6.07, 6.45) is 0.441. The van der Waals surface area contributed by atoms with Gasteiger partial charge in [-0.1, -0.05) is 13.8 Å². The van der Waals surface area contributed by atoms with E-state index in [0.29, 0.717) is 5.92 Å². The van der Waals surface area contributed by atoms with Crippen LogP contribution in [0.1, 0.15) is 27.2 Å². The Morgan fingerprint density at radius 1 is 1.50 bits per heavy atom. The van der Waals surface area contributed by atoms with E-state index in [-0.39, 0.29) is 6.10 Å². The van der Waals surface area contributed by atoms with Crippen LogP contribution in [0.5, 0.6) is 0 Å². The van der Waals surface area contributed by atoms with Crippen molar-refractivity contribution in [3.8, 4) is 0 Å². The van der Waals surface area contributed by atoms with Crippen molar-refractivity contribution in [2.45, 2.75) is 33.3 Å². The molecule has 0 aliphatic rings. The molecule has 0 amide bonds. The molecule has 0 saturated heterocycles. The van der Waals surface area contributed by atoms with Gasteiger partial charge in [-0.3, -0.25) is 0 Å². The van der Waals surface area contributed by atoms with E-state index in [1.165, 1.54) is 0 Å². The molecule has 0 bridgehead atoms. The van der Waals surface area contributed by atoms with Crippen LogP contribution in [0.3, 0.4) is 0 Å². The zero-order valence-electron chi connectivity index (χ0n) is 6.53. The predicted octanol–water partition coefficient (Wildman–Crippen LogP) is 1.63. The molecule has 0 fully saturated rings. The largest absolute Gasteiger partial charge is 0.311 e. The monoisotopic (exact) mass is 147 g/mol. The molecule has 0 saturated carbocycles. The van der Waals surface area contributed by atoms with E-state index < -0.39 is 5.09 Å². The minimum Gasteiger partial charge on any atom is -0.311 e. The Labute approximate surface area is 60.3 Å². The first-order valence-electron chi connectivity index (χ1n) is 3.33. The van der Waals surface area contributed by atoms with Gasteiger partial charge in [-0.05, 0) is 19.3 Å². The van der Waals surface area contributed by atoms with Crippen molar-refractivity contribution in [2.75, 3.05) is 0 Å². The molecule has 0 spiro atoms. The van der Waals surface area contributed by atoms with Crippen molar-refractivity contribution >= 4 is 0 Å². The van der Waals surface area contributed by atoms with Crippen LogP contribution in [-0.2, 0) is 4.84 Å². The van der Waals surface area contributed by atoms with Crippen molar-refractivity contribution in [1.29, 1.82) is 0 Å². The standard InChI is InChI=1S/C6H13NO3/c1-5(2)4-6(3)10-7(8)9/h5-6H,4H2,1-3H3/t6-/m0/s1. The third kappa shape index (κ3) is 5.34. The van der Waals surface area contributed by atoms with Gasteiger partial charge >= 0.3 is 0 Å². The maximum absolute atomic E-state index is 9.77. The average molecular weight is 147 g/mol. The third-order valence-corrected chi connectivity index (χ3v) is 1.07. The molecule has 0 rings (SSSR count). The molecule has 0 aliphatic heterocycles. The van der Waals surface area contributed by atoms with Crippen LogP contribution >= 0.6 is 0 Å². The quantitative estimate of drug-likeness (QED) is 0.448. The van der Waals surface area contributed by atoms with Crippen molar-refractivity contribution < 1.29 is 9.92 Å². The van der Waals surface area contributed by atoms with Crippen molar-refractivity contribution in [2.24, 2.45) is 5.92 Å². The fraction of sp³-hybridized carbons (Fsp3) is 1.00. The first kappa shape index (κ1) is 9.20. The molecule has 0 aliphatic carbocycles. The molecule has 60 valence electrons. The fourth-order valence-electron chi connectivity index (χ4n) is 0.854. The van der Waals surface area contributed by atoms with E-state index in [4.69, 9.17) is 0 Å². The van der Waals surface area contributed by atoms with E-state index in [1.807, 2.05) is 13.8 Å². The van der Waals surface area contributed by atoms with E-state index in [2.05, 4.69) is 4.84 Å². The zero-order valence-corrected chi connectivity index (χ0v) is 6.53. The number of rotatable bonds is 4. The maximum atomic E-state index is 9.77. The summed E-state index contributed by atoms with van der Waals surface area (Å²) in [4.78, 5) is 14.1.